The van der Waals surface area contributed by atoms with Crippen molar-refractivity contribution < 1.29 is 9.32 Å². The van der Waals surface area contributed by atoms with Gasteiger partial charge in [-0.15, -0.1) is 0 Å². The Hall–Kier alpha value is -1.50. The smallest absolute Gasteiger partial charge is 0.225 e. The molecule has 2 fully saturated rings. The zero-order valence-corrected chi connectivity index (χ0v) is 17.3. The van der Waals surface area contributed by atoms with Gasteiger partial charge in [0, 0.05) is 42.1 Å². The Balaban J connectivity index is 1.33. The maximum atomic E-state index is 12.5. The zero-order chi connectivity index (χ0) is 19.3. The van der Waals surface area contributed by atoms with Crippen LogP contribution in [-0.2, 0) is 16.2 Å². The van der Waals surface area contributed by atoms with Gasteiger partial charge in [-0.25, -0.2) is 9.97 Å². The van der Waals surface area contributed by atoms with Gasteiger partial charge in [-0.3, -0.25) is 4.21 Å². The summed E-state index contributed by atoms with van der Waals surface area (Å²) >= 11 is 6.01. The van der Waals surface area contributed by atoms with E-state index in [4.69, 9.17) is 16.6 Å². The summed E-state index contributed by atoms with van der Waals surface area (Å²) < 4.78 is 12.5. The van der Waals surface area contributed by atoms with E-state index >= 15 is 0 Å². The molecule has 1 aliphatic carbocycles. The molecule has 0 bridgehead atoms. The third kappa shape index (κ3) is 3.06. The molecule has 1 N–H and O–H groups in total. The Labute approximate surface area is 172 Å². The lowest BCUT2D eigenvalue weighted by Gasteiger charge is -2.44. The lowest BCUT2D eigenvalue weighted by atomic mass is 9.61. The molecule has 1 aromatic carbocycles. The van der Waals surface area contributed by atoms with Crippen molar-refractivity contribution in [3.63, 3.8) is 0 Å². The summed E-state index contributed by atoms with van der Waals surface area (Å²) in [6.07, 6.45) is 5.67. The van der Waals surface area contributed by atoms with Crippen LogP contribution >= 0.6 is 11.6 Å². The summed E-state index contributed by atoms with van der Waals surface area (Å²) in [6, 6.07) is 8.18. The number of rotatable bonds is 3. The number of hydrogen-bond donors (Lipinski definition) is 1. The second kappa shape index (κ2) is 7.08. The standard InChI is InChI=1S/C21H24ClN3O2S/c22-17-3-1-15(2-4-17)16-5-7-25(8-6-16)20-23-11-18-19(24-20)21(13-28(18)27)9-14(10-21)12-26/h1-4,11,14,16,26H,5-10,12-13H2. The fraction of sp³-hybridized carbons (Fsp3) is 0.524. The molecule has 5 nitrogen and oxygen atoms in total. The van der Waals surface area contributed by atoms with Gasteiger partial charge in [-0.2, -0.15) is 0 Å². The third-order valence-corrected chi connectivity index (χ3v) is 8.49. The van der Waals surface area contributed by atoms with Crippen LogP contribution in [-0.4, -0.2) is 44.7 Å². The fourth-order valence-electron chi connectivity index (χ4n) is 5.09. The fourth-order valence-corrected chi connectivity index (χ4v) is 6.89. The van der Waals surface area contributed by atoms with Gasteiger partial charge in [-0.1, -0.05) is 23.7 Å². The minimum atomic E-state index is -1.01. The summed E-state index contributed by atoms with van der Waals surface area (Å²) in [6.45, 7) is 2.04. The molecule has 5 rings (SSSR count). The topological polar surface area (TPSA) is 66.3 Å². The highest BCUT2D eigenvalue weighted by Crippen LogP contribution is 2.53. The molecular formula is C21H24ClN3O2S. The first-order valence-corrected chi connectivity index (χ1v) is 11.6. The first kappa shape index (κ1) is 18.5. The Morgan fingerprint density at radius 1 is 1.21 bits per heavy atom. The molecular weight excluding hydrogens is 394 g/mol. The van der Waals surface area contributed by atoms with Crippen LogP contribution in [0.2, 0.25) is 5.02 Å². The molecule has 2 aromatic rings. The molecule has 1 spiro atoms. The number of piperidine rings is 1. The second-order valence-electron chi connectivity index (χ2n) is 8.42. The maximum absolute atomic E-state index is 12.5. The minimum Gasteiger partial charge on any atom is -0.396 e. The number of aromatic nitrogens is 2. The van der Waals surface area contributed by atoms with E-state index in [1.165, 1.54) is 5.56 Å². The molecule has 0 amide bonds. The van der Waals surface area contributed by atoms with Crippen molar-refractivity contribution in [2.75, 3.05) is 30.3 Å². The van der Waals surface area contributed by atoms with Crippen LogP contribution in [0.5, 0.6) is 0 Å². The molecule has 1 atom stereocenters. The number of anilines is 1. The molecule has 28 heavy (non-hydrogen) atoms. The van der Waals surface area contributed by atoms with Crippen molar-refractivity contribution in [1.82, 2.24) is 9.97 Å². The Morgan fingerprint density at radius 2 is 1.93 bits per heavy atom. The predicted octanol–water partition coefficient (Wildman–Crippen LogP) is 3.28. The van der Waals surface area contributed by atoms with Gasteiger partial charge < -0.3 is 10.0 Å². The highest BCUT2D eigenvalue weighted by atomic mass is 35.5. The molecule has 0 radical (unpaired) electrons. The average molecular weight is 418 g/mol. The van der Waals surface area contributed by atoms with Crippen LogP contribution in [0.15, 0.2) is 35.4 Å². The molecule has 1 unspecified atom stereocenters. The Bertz CT molecular complexity index is 906. The van der Waals surface area contributed by atoms with Gasteiger partial charge >= 0.3 is 0 Å². The monoisotopic (exact) mass is 417 g/mol. The molecule has 1 saturated heterocycles. The van der Waals surface area contributed by atoms with Crippen molar-refractivity contribution in [2.24, 2.45) is 5.92 Å². The highest BCUT2D eigenvalue weighted by Gasteiger charge is 2.53. The summed E-state index contributed by atoms with van der Waals surface area (Å²) in [7, 11) is -1.01. The van der Waals surface area contributed by atoms with Crippen molar-refractivity contribution >= 4 is 28.3 Å². The SMILES string of the molecule is O=S1CC2(CC(CO)C2)c2nc(N3CCC(c4ccc(Cl)cc4)CC3)ncc21. The van der Waals surface area contributed by atoms with Crippen LogP contribution in [0.3, 0.4) is 0 Å². The van der Waals surface area contributed by atoms with E-state index in [-0.39, 0.29) is 12.0 Å². The largest absolute Gasteiger partial charge is 0.396 e. The lowest BCUT2D eigenvalue weighted by molar-refractivity contribution is 0.0893. The molecule has 7 heteroatoms. The molecule has 3 heterocycles. The average Bonchev–Trinajstić information content (AvgIpc) is 3.00. The highest BCUT2D eigenvalue weighted by molar-refractivity contribution is 7.85. The van der Waals surface area contributed by atoms with E-state index in [0.29, 0.717) is 17.6 Å². The number of halogens is 1. The van der Waals surface area contributed by atoms with Gasteiger partial charge in [-0.05, 0) is 55.2 Å². The van der Waals surface area contributed by atoms with E-state index < -0.39 is 10.8 Å². The summed E-state index contributed by atoms with van der Waals surface area (Å²) in [5.74, 6) is 2.25. The number of fused-ring (bicyclic) bond motifs is 2. The molecule has 2 aliphatic heterocycles. The van der Waals surface area contributed by atoms with E-state index in [0.717, 1.165) is 60.3 Å². The Morgan fingerprint density at radius 3 is 2.61 bits per heavy atom. The number of aliphatic hydroxyl groups is 1. The predicted molar refractivity (Wildman–Crippen MR) is 110 cm³/mol. The van der Waals surface area contributed by atoms with Gasteiger partial charge in [0.25, 0.3) is 0 Å². The zero-order valence-electron chi connectivity index (χ0n) is 15.7. The van der Waals surface area contributed by atoms with Crippen molar-refractivity contribution in [3.8, 4) is 0 Å². The first-order valence-electron chi connectivity index (χ1n) is 9.95. The van der Waals surface area contributed by atoms with Crippen LogP contribution < -0.4 is 4.90 Å². The Kier molecular flexibility index (Phi) is 4.68. The lowest BCUT2D eigenvalue weighted by Crippen LogP contribution is -2.44. The van der Waals surface area contributed by atoms with Crippen molar-refractivity contribution in [3.05, 3.63) is 46.7 Å². The van der Waals surface area contributed by atoms with E-state index in [9.17, 15) is 9.32 Å². The summed E-state index contributed by atoms with van der Waals surface area (Å²) in [4.78, 5) is 12.5. The normalized spacial score (nSPS) is 29.7. The van der Waals surface area contributed by atoms with Crippen LogP contribution in [0, 0.1) is 5.92 Å². The van der Waals surface area contributed by atoms with E-state index in [1.807, 2.05) is 12.1 Å². The number of aliphatic hydroxyl groups excluding tert-OH is 1. The van der Waals surface area contributed by atoms with Crippen molar-refractivity contribution in [2.45, 2.75) is 41.9 Å². The first-order chi connectivity index (χ1) is 13.6. The van der Waals surface area contributed by atoms with E-state index in [2.05, 4.69) is 22.0 Å². The number of hydrogen-bond acceptors (Lipinski definition) is 5. The summed E-state index contributed by atoms with van der Waals surface area (Å²) in [5, 5.41) is 10.2. The summed E-state index contributed by atoms with van der Waals surface area (Å²) in [5.41, 5.74) is 2.21. The van der Waals surface area contributed by atoms with Gasteiger partial charge in [0.05, 0.1) is 21.4 Å². The molecule has 3 aliphatic rings. The van der Waals surface area contributed by atoms with Crippen LogP contribution in [0.4, 0.5) is 5.95 Å². The molecule has 1 saturated carbocycles. The van der Waals surface area contributed by atoms with E-state index in [1.54, 1.807) is 6.20 Å². The quantitative estimate of drug-likeness (QED) is 0.830. The minimum absolute atomic E-state index is 0.104. The van der Waals surface area contributed by atoms with Gasteiger partial charge in [0.2, 0.25) is 5.95 Å². The van der Waals surface area contributed by atoms with Gasteiger partial charge in [0.15, 0.2) is 0 Å². The number of nitrogens with zero attached hydrogens (tertiary/aromatic N) is 3. The maximum Gasteiger partial charge on any atom is 0.225 e. The van der Waals surface area contributed by atoms with Crippen LogP contribution in [0.25, 0.3) is 0 Å². The number of benzene rings is 1. The third-order valence-electron chi connectivity index (χ3n) is 6.63. The van der Waals surface area contributed by atoms with Crippen molar-refractivity contribution in [1.29, 1.82) is 0 Å². The van der Waals surface area contributed by atoms with Crippen LogP contribution in [0.1, 0.15) is 42.9 Å². The van der Waals surface area contributed by atoms with Gasteiger partial charge in [0.1, 0.15) is 0 Å². The molecule has 1 aromatic heterocycles. The molecule has 148 valence electrons. The second-order valence-corrected chi connectivity index (χ2v) is 10.3.